The minimum absolute atomic E-state index is 0.0254. The molecule has 0 fully saturated rings. The summed E-state index contributed by atoms with van der Waals surface area (Å²) in [6.45, 7) is 2.39. The van der Waals surface area contributed by atoms with Crippen LogP contribution in [0.25, 0.3) is 0 Å². The van der Waals surface area contributed by atoms with Gasteiger partial charge in [0, 0.05) is 14.1 Å². The van der Waals surface area contributed by atoms with E-state index in [0.29, 0.717) is 12.3 Å². The van der Waals surface area contributed by atoms with Crippen LogP contribution >= 0.6 is 0 Å². The van der Waals surface area contributed by atoms with Gasteiger partial charge in [0.25, 0.3) is 5.56 Å². The monoisotopic (exact) mass is 344 g/mol. The number of rotatable bonds is 3. The van der Waals surface area contributed by atoms with E-state index in [1.54, 1.807) is 0 Å². The molecule has 0 amide bonds. The van der Waals surface area contributed by atoms with Gasteiger partial charge in [-0.25, -0.2) is 4.79 Å². The fourth-order valence-corrected chi connectivity index (χ4v) is 3.00. The van der Waals surface area contributed by atoms with E-state index in [1.807, 2.05) is 36.1 Å². The number of anilines is 2. The number of ether oxygens (including phenoxy) is 1. The van der Waals surface area contributed by atoms with Crippen molar-refractivity contribution in [2.75, 3.05) is 23.7 Å². The number of aromatic nitrogens is 2. The third-order valence-corrected chi connectivity index (χ3v) is 4.33. The van der Waals surface area contributed by atoms with E-state index in [2.05, 4.69) is 0 Å². The van der Waals surface area contributed by atoms with Crippen molar-refractivity contribution in [2.24, 2.45) is 14.1 Å². The molecule has 132 valence electrons. The molecule has 8 heteroatoms. The van der Waals surface area contributed by atoms with Crippen molar-refractivity contribution >= 4 is 17.3 Å². The summed E-state index contributed by atoms with van der Waals surface area (Å²) in [6, 6.07) is 7.41. The first-order valence-corrected chi connectivity index (χ1v) is 7.90. The number of carbonyl (C=O) groups is 1. The lowest BCUT2D eigenvalue weighted by molar-refractivity contribution is 0.0992. The molecule has 1 aliphatic heterocycles. The van der Waals surface area contributed by atoms with Crippen LogP contribution in [0.3, 0.4) is 0 Å². The number of fused-ring (bicyclic) bond motifs is 1. The second kappa shape index (κ2) is 6.12. The number of hydrogen-bond acceptors (Lipinski definition) is 6. The topological polar surface area (TPSA) is 99.6 Å². The van der Waals surface area contributed by atoms with Crippen molar-refractivity contribution in [3.8, 4) is 5.75 Å². The molecule has 1 aromatic carbocycles. The normalized spacial score (nSPS) is 16.3. The lowest BCUT2D eigenvalue weighted by Gasteiger charge is -2.34. The van der Waals surface area contributed by atoms with Gasteiger partial charge in [-0.2, -0.15) is 0 Å². The standard InChI is InChI=1S/C17H20N4O4/c1-10-8-21(11-6-4-5-7-13(11)25-10)9-12(22)14-15(18)19(2)17(24)20(3)16(14)23/h4-7,10H,8-9,18H2,1-3H3/t10-/m1/s1. The Morgan fingerprint density at radius 2 is 1.92 bits per heavy atom. The average molecular weight is 344 g/mol. The van der Waals surface area contributed by atoms with Crippen molar-refractivity contribution < 1.29 is 9.53 Å². The van der Waals surface area contributed by atoms with Crippen LogP contribution in [0.15, 0.2) is 33.9 Å². The van der Waals surface area contributed by atoms with Gasteiger partial charge >= 0.3 is 5.69 Å². The Balaban J connectivity index is 2.00. The maximum atomic E-state index is 12.8. The van der Waals surface area contributed by atoms with Crippen molar-refractivity contribution in [2.45, 2.75) is 13.0 Å². The summed E-state index contributed by atoms with van der Waals surface area (Å²) < 4.78 is 7.75. The molecular weight excluding hydrogens is 324 g/mol. The number of nitrogens with zero attached hydrogens (tertiary/aromatic N) is 3. The Morgan fingerprint density at radius 3 is 2.64 bits per heavy atom. The summed E-state index contributed by atoms with van der Waals surface area (Å²) in [6.07, 6.45) is -0.0944. The Kier molecular flexibility index (Phi) is 4.12. The first-order chi connectivity index (χ1) is 11.8. The quantitative estimate of drug-likeness (QED) is 0.795. The largest absolute Gasteiger partial charge is 0.487 e. The van der Waals surface area contributed by atoms with Gasteiger partial charge < -0.3 is 15.4 Å². The van der Waals surface area contributed by atoms with Crippen molar-refractivity contribution in [3.63, 3.8) is 0 Å². The van der Waals surface area contributed by atoms with Crippen molar-refractivity contribution in [1.29, 1.82) is 0 Å². The van der Waals surface area contributed by atoms with Crippen LogP contribution < -0.4 is 26.6 Å². The smallest absolute Gasteiger partial charge is 0.332 e. The number of para-hydroxylation sites is 2. The molecule has 0 aliphatic carbocycles. The lowest BCUT2D eigenvalue weighted by Crippen LogP contribution is -2.45. The van der Waals surface area contributed by atoms with Gasteiger partial charge in [-0.1, -0.05) is 12.1 Å². The highest BCUT2D eigenvalue weighted by Gasteiger charge is 2.27. The fourth-order valence-electron chi connectivity index (χ4n) is 3.00. The van der Waals surface area contributed by atoms with Gasteiger partial charge in [0.1, 0.15) is 23.2 Å². The average Bonchev–Trinajstić information content (AvgIpc) is 2.58. The van der Waals surface area contributed by atoms with E-state index in [1.165, 1.54) is 14.1 Å². The first-order valence-electron chi connectivity index (χ1n) is 7.90. The number of nitrogens with two attached hydrogens (primary N) is 1. The summed E-state index contributed by atoms with van der Waals surface area (Å²) in [4.78, 5) is 38.9. The molecule has 0 saturated carbocycles. The van der Waals surface area contributed by atoms with E-state index in [9.17, 15) is 14.4 Å². The highest BCUT2D eigenvalue weighted by molar-refractivity contribution is 6.02. The first kappa shape index (κ1) is 16.8. The molecule has 3 rings (SSSR count). The Bertz CT molecular complexity index is 960. The molecule has 1 aliphatic rings. The van der Waals surface area contributed by atoms with E-state index in [4.69, 9.17) is 10.5 Å². The van der Waals surface area contributed by atoms with E-state index < -0.39 is 17.0 Å². The van der Waals surface area contributed by atoms with Crippen LogP contribution in [0.2, 0.25) is 0 Å². The van der Waals surface area contributed by atoms with Crippen molar-refractivity contribution in [1.82, 2.24) is 9.13 Å². The highest BCUT2D eigenvalue weighted by atomic mass is 16.5. The Hall–Kier alpha value is -3.03. The molecule has 0 radical (unpaired) electrons. The lowest BCUT2D eigenvalue weighted by atomic mass is 10.1. The SMILES string of the molecule is C[C@@H]1CN(CC(=O)c2c(N)n(C)c(=O)n(C)c2=O)c2ccccc2O1. The van der Waals surface area contributed by atoms with Gasteiger partial charge in [0.05, 0.1) is 18.8 Å². The second-order valence-electron chi connectivity index (χ2n) is 6.17. The zero-order valence-corrected chi connectivity index (χ0v) is 14.4. The summed E-state index contributed by atoms with van der Waals surface area (Å²) in [7, 11) is 2.76. The molecule has 2 aromatic rings. The highest BCUT2D eigenvalue weighted by Crippen LogP contribution is 2.32. The molecule has 0 saturated heterocycles. The Morgan fingerprint density at radius 1 is 1.24 bits per heavy atom. The molecule has 1 atom stereocenters. The van der Waals surface area contributed by atoms with Crippen LogP contribution in [0, 0.1) is 0 Å². The van der Waals surface area contributed by atoms with Crippen molar-refractivity contribution in [3.05, 3.63) is 50.7 Å². The van der Waals surface area contributed by atoms with Gasteiger partial charge in [-0.05, 0) is 19.1 Å². The zero-order chi connectivity index (χ0) is 18.3. The van der Waals surface area contributed by atoms with Crippen LogP contribution in [-0.2, 0) is 14.1 Å². The molecule has 1 aromatic heterocycles. The molecule has 0 unspecified atom stereocenters. The third kappa shape index (κ3) is 2.79. The van der Waals surface area contributed by atoms with Crippen LogP contribution in [0.1, 0.15) is 17.3 Å². The molecule has 2 N–H and O–H groups in total. The van der Waals surface area contributed by atoms with Crippen LogP contribution in [-0.4, -0.2) is 34.1 Å². The second-order valence-corrected chi connectivity index (χ2v) is 6.17. The molecular formula is C17H20N4O4. The van der Waals surface area contributed by atoms with Gasteiger partial charge in [-0.3, -0.25) is 18.7 Å². The molecule has 25 heavy (non-hydrogen) atoms. The van der Waals surface area contributed by atoms with Crippen LogP contribution in [0.5, 0.6) is 5.75 Å². The number of benzene rings is 1. The van der Waals surface area contributed by atoms with E-state index in [0.717, 1.165) is 14.8 Å². The summed E-state index contributed by atoms with van der Waals surface area (Å²) in [5.41, 5.74) is 5.24. The number of Topliss-reactive ketones (excluding diaryl/α,β-unsaturated/α-hetero) is 1. The third-order valence-electron chi connectivity index (χ3n) is 4.33. The predicted octanol–water partition coefficient (Wildman–Crippen LogP) is 0.136. The number of nitrogen functional groups attached to an aromatic ring is 1. The van der Waals surface area contributed by atoms with Gasteiger partial charge in [-0.15, -0.1) is 0 Å². The number of ketones is 1. The van der Waals surface area contributed by atoms with E-state index in [-0.39, 0.29) is 24.0 Å². The molecule has 2 heterocycles. The predicted molar refractivity (Wildman–Crippen MR) is 94.4 cm³/mol. The minimum Gasteiger partial charge on any atom is -0.487 e. The summed E-state index contributed by atoms with van der Waals surface area (Å²) in [5, 5.41) is 0. The minimum atomic E-state index is -0.680. The van der Waals surface area contributed by atoms with Gasteiger partial charge in [0.15, 0.2) is 5.78 Å². The summed E-state index contributed by atoms with van der Waals surface area (Å²) in [5.74, 6) is 0.140. The molecule has 8 nitrogen and oxygen atoms in total. The maximum Gasteiger partial charge on any atom is 0.332 e. The number of carbonyl (C=O) groups excluding carboxylic acids is 1. The Labute approximate surface area is 144 Å². The molecule has 0 spiro atoms. The number of hydrogen-bond donors (Lipinski definition) is 1. The fraction of sp³-hybridized carbons (Fsp3) is 0.353. The van der Waals surface area contributed by atoms with E-state index >= 15 is 0 Å². The molecule has 0 bridgehead atoms. The maximum absolute atomic E-state index is 12.8. The zero-order valence-electron chi connectivity index (χ0n) is 14.4. The van der Waals surface area contributed by atoms with Crippen LogP contribution in [0.4, 0.5) is 11.5 Å². The van der Waals surface area contributed by atoms with Gasteiger partial charge in [0.2, 0.25) is 0 Å². The summed E-state index contributed by atoms with van der Waals surface area (Å²) >= 11 is 0.